The monoisotopic (exact) mass is 264 g/mol. The molecular weight excluding hydrogens is 255 g/mol. The van der Waals surface area contributed by atoms with E-state index in [-0.39, 0.29) is 28.6 Å². The van der Waals surface area contributed by atoms with Gasteiger partial charge in [-0.1, -0.05) is 17.7 Å². The topological polar surface area (TPSA) is 56.0 Å². The lowest BCUT2D eigenvalue weighted by Crippen LogP contribution is -2.08. The number of nitrogens with two attached hydrogens (primary N) is 1. The molecule has 0 fully saturated rings. The predicted octanol–water partition coefficient (Wildman–Crippen LogP) is 2.88. The van der Waals surface area contributed by atoms with Gasteiger partial charge in [-0.05, 0) is 24.3 Å². The second kappa shape index (κ2) is 5.14. The normalized spacial score (nSPS) is 10.3. The molecule has 1 aromatic heterocycles. The Bertz CT molecular complexity index is 601. The predicted molar refractivity (Wildman–Crippen MR) is 68.1 cm³/mol. The number of aromatic nitrogens is 1. The molecule has 3 nitrogen and oxygen atoms in total. The van der Waals surface area contributed by atoms with E-state index in [0.29, 0.717) is 5.56 Å². The fourth-order valence-corrected chi connectivity index (χ4v) is 1.74. The largest absolute Gasteiger partial charge is 0.383 e. The zero-order valence-electron chi connectivity index (χ0n) is 9.36. The average molecular weight is 265 g/mol. The molecule has 0 aliphatic rings. The maximum atomic E-state index is 13.6. The number of Topliss-reactive ketones (excluding diaryl/α,β-unsaturated/α-hetero) is 1. The minimum absolute atomic E-state index is 0.00246. The molecule has 2 N–H and O–H groups in total. The van der Waals surface area contributed by atoms with E-state index >= 15 is 0 Å². The van der Waals surface area contributed by atoms with Gasteiger partial charge in [-0.2, -0.15) is 0 Å². The van der Waals surface area contributed by atoms with Crippen LogP contribution in [0.2, 0.25) is 5.02 Å². The summed E-state index contributed by atoms with van der Waals surface area (Å²) in [6, 6.07) is 7.32. The number of nitrogens with zero attached hydrogens (tertiary/aromatic N) is 1. The van der Waals surface area contributed by atoms with Crippen molar-refractivity contribution in [1.29, 1.82) is 0 Å². The van der Waals surface area contributed by atoms with Gasteiger partial charge in [-0.3, -0.25) is 4.79 Å². The van der Waals surface area contributed by atoms with Crippen molar-refractivity contribution in [3.8, 4) is 0 Å². The summed E-state index contributed by atoms with van der Waals surface area (Å²) in [6.45, 7) is 0. The highest BCUT2D eigenvalue weighted by Crippen LogP contribution is 2.17. The van der Waals surface area contributed by atoms with Gasteiger partial charge in [0.05, 0.1) is 5.56 Å². The number of pyridine rings is 1. The molecule has 2 aromatic rings. The minimum atomic E-state index is -0.630. The van der Waals surface area contributed by atoms with Crippen molar-refractivity contribution in [1.82, 2.24) is 4.98 Å². The number of benzene rings is 1. The van der Waals surface area contributed by atoms with E-state index in [1.807, 2.05) is 0 Å². The number of carbonyl (C=O) groups excluding carboxylic acids is 1. The number of anilines is 1. The third-order valence-corrected chi connectivity index (χ3v) is 2.74. The Morgan fingerprint density at radius 3 is 2.83 bits per heavy atom. The Morgan fingerprint density at radius 2 is 2.17 bits per heavy atom. The first-order valence-corrected chi connectivity index (χ1v) is 5.63. The summed E-state index contributed by atoms with van der Waals surface area (Å²) in [5, 5.41) is 0.255. The van der Waals surface area contributed by atoms with Gasteiger partial charge in [0.2, 0.25) is 0 Å². The zero-order chi connectivity index (χ0) is 13.1. The van der Waals surface area contributed by atoms with E-state index in [9.17, 15) is 9.18 Å². The number of hydrogen-bond acceptors (Lipinski definition) is 3. The van der Waals surface area contributed by atoms with Crippen LogP contribution in [0.1, 0.15) is 15.9 Å². The number of rotatable bonds is 3. The van der Waals surface area contributed by atoms with Crippen molar-refractivity contribution in [3.63, 3.8) is 0 Å². The standard InChI is InChI=1S/C13H10ClFN2O/c14-9-3-4-10(11(15)7-9)12(18)6-8-2-1-5-17-13(8)16/h1-5,7H,6H2,(H2,16,17). The summed E-state index contributed by atoms with van der Waals surface area (Å²) in [4.78, 5) is 15.8. The van der Waals surface area contributed by atoms with Crippen LogP contribution in [-0.4, -0.2) is 10.8 Å². The number of ketones is 1. The van der Waals surface area contributed by atoms with Gasteiger partial charge in [-0.25, -0.2) is 9.37 Å². The van der Waals surface area contributed by atoms with Crippen LogP contribution < -0.4 is 5.73 Å². The van der Waals surface area contributed by atoms with Crippen molar-refractivity contribution in [2.24, 2.45) is 0 Å². The lowest BCUT2D eigenvalue weighted by molar-refractivity contribution is 0.0989. The maximum absolute atomic E-state index is 13.6. The SMILES string of the molecule is Nc1ncccc1CC(=O)c1ccc(Cl)cc1F. The van der Waals surface area contributed by atoms with Crippen molar-refractivity contribution in [2.75, 3.05) is 5.73 Å². The summed E-state index contributed by atoms with van der Waals surface area (Å²) in [5.74, 6) is -0.709. The van der Waals surface area contributed by atoms with Crippen LogP contribution in [0.15, 0.2) is 36.5 Å². The van der Waals surface area contributed by atoms with E-state index in [0.717, 1.165) is 6.07 Å². The Kier molecular flexibility index (Phi) is 3.58. The van der Waals surface area contributed by atoms with Crippen LogP contribution in [0.25, 0.3) is 0 Å². The van der Waals surface area contributed by atoms with Gasteiger partial charge in [0.25, 0.3) is 0 Å². The second-order valence-corrected chi connectivity index (χ2v) is 4.21. The highest BCUT2D eigenvalue weighted by molar-refractivity contribution is 6.30. The molecule has 0 spiro atoms. The Labute approximate surface area is 108 Å². The smallest absolute Gasteiger partial charge is 0.170 e. The van der Waals surface area contributed by atoms with Crippen LogP contribution in [0.4, 0.5) is 10.2 Å². The number of hydrogen-bond donors (Lipinski definition) is 1. The molecule has 0 aliphatic carbocycles. The quantitative estimate of drug-likeness (QED) is 0.868. The Balaban J connectivity index is 2.25. The third kappa shape index (κ3) is 2.65. The van der Waals surface area contributed by atoms with Gasteiger partial charge in [0.15, 0.2) is 5.78 Å². The van der Waals surface area contributed by atoms with Crippen molar-refractivity contribution >= 4 is 23.2 Å². The molecule has 0 aliphatic heterocycles. The number of halogens is 2. The first kappa shape index (κ1) is 12.5. The van der Waals surface area contributed by atoms with Crippen LogP contribution in [-0.2, 0) is 6.42 Å². The number of carbonyl (C=O) groups is 1. The fraction of sp³-hybridized carbons (Fsp3) is 0.0769. The molecule has 0 saturated carbocycles. The average Bonchev–Trinajstić information content (AvgIpc) is 2.32. The maximum Gasteiger partial charge on any atom is 0.170 e. The molecule has 0 atom stereocenters. The molecule has 1 aromatic carbocycles. The minimum Gasteiger partial charge on any atom is -0.383 e. The molecule has 1 heterocycles. The molecule has 18 heavy (non-hydrogen) atoms. The van der Waals surface area contributed by atoms with Gasteiger partial charge in [0.1, 0.15) is 11.6 Å². The van der Waals surface area contributed by atoms with Gasteiger partial charge in [-0.15, -0.1) is 0 Å². The van der Waals surface area contributed by atoms with E-state index in [4.69, 9.17) is 17.3 Å². The molecule has 5 heteroatoms. The molecule has 92 valence electrons. The second-order valence-electron chi connectivity index (χ2n) is 3.77. The van der Waals surface area contributed by atoms with E-state index in [1.165, 1.54) is 18.3 Å². The Morgan fingerprint density at radius 1 is 1.39 bits per heavy atom. The highest BCUT2D eigenvalue weighted by Gasteiger charge is 2.14. The summed E-state index contributed by atoms with van der Waals surface area (Å²) < 4.78 is 13.6. The lowest BCUT2D eigenvalue weighted by atomic mass is 10.0. The Hall–Kier alpha value is -1.94. The zero-order valence-corrected chi connectivity index (χ0v) is 10.1. The lowest BCUT2D eigenvalue weighted by Gasteiger charge is -2.05. The molecule has 0 bridgehead atoms. The molecule has 0 saturated heterocycles. The van der Waals surface area contributed by atoms with Gasteiger partial charge < -0.3 is 5.73 Å². The summed E-state index contributed by atoms with van der Waals surface area (Å²) in [7, 11) is 0. The van der Waals surface area contributed by atoms with Crippen molar-refractivity contribution in [3.05, 3.63) is 58.5 Å². The highest BCUT2D eigenvalue weighted by atomic mass is 35.5. The van der Waals surface area contributed by atoms with Crippen LogP contribution >= 0.6 is 11.6 Å². The van der Waals surface area contributed by atoms with Crippen molar-refractivity contribution in [2.45, 2.75) is 6.42 Å². The molecule has 0 amide bonds. The number of nitrogen functional groups attached to an aromatic ring is 1. The van der Waals surface area contributed by atoms with E-state index < -0.39 is 5.82 Å². The molecule has 2 rings (SSSR count). The van der Waals surface area contributed by atoms with Crippen LogP contribution in [0, 0.1) is 5.82 Å². The first-order chi connectivity index (χ1) is 8.58. The van der Waals surface area contributed by atoms with Crippen molar-refractivity contribution < 1.29 is 9.18 Å². The molecule has 0 unspecified atom stereocenters. The summed E-state index contributed by atoms with van der Waals surface area (Å²) >= 11 is 5.63. The molecular formula is C13H10ClFN2O. The van der Waals surface area contributed by atoms with Gasteiger partial charge >= 0.3 is 0 Å². The fourth-order valence-electron chi connectivity index (χ4n) is 1.58. The van der Waals surface area contributed by atoms with Crippen LogP contribution in [0.3, 0.4) is 0 Å². The van der Waals surface area contributed by atoms with Gasteiger partial charge in [0, 0.05) is 23.2 Å². The third-order valence-electron chi connectivity index (χ3n) is 2.51. The summed E-state index contributed by atoms with van der Waals surface area (Å²) in [6.07, 6.45) is 1.55. The van der Waals surface area contributed by atoms with E-state index in [2.05, 4.69) is 4.98 Å². The first-order valence-electron chi connectivity index (χ1n) is 5.25. The van der Waals surface area contributed by atoms with E-state index in [1.54, 1.807) is 12.1 Å². The molecule has 0 radical (unpaired) electrons. The van der Waals surface area contributed by atoms with Crippen LogP contribution in [0.5, 0.6) is 0 Å². The summed E-state index contributed by atoms with van der Waals surface area (Å²) in [5.41, 5.74) is 6.21.